The normalized spacial score (nSPS) is 13.4. The molecule has 0 heterocycles. The van der Waals surface area contributed by atoms with E-state index in [9.17, 15) is 13.2 Å². The second-order valence-electron chi connectivity index (χ2n) is 4.79. The number of rotatable bonds is 1. The first-order valence-corrected chi connectivity index (χ1v) is 6.19. The molecule has 1 aliphatic carbocycles. The highest BCUT2D eigenvalue weighted by atomic mass is 19.2. The number of fused-ring (bicyclic) bond motifs is 1. The predicted octanol–water partition coefficient (Wildman–Crippen LogP) is 2.93. The number of hydrogen-bond donors (Lipinski definition) is 0. The van der Waals surface area contributed by atoms with Gasteiger partial charge >= 0.3 is 0 Å². The van der Waals surface area contributed by atoms with Crippen LogP contribution < -0.4 is 10.4 Å². The van der Waals surface area contributed by atoms with Gasteiger partial charge in [-0.05, 0) is 51.8 Å². The Bertz CT molecular complexity index is 809. The number of hydrogen-bond acceptors (Lipinski definition) is 0. The molecule has 3 heteroatoms. The summed E-state index contributed by atoms with van der Waals surface area (Å²) < 4.78 is 39.5. The van der Waals surface area contributed by atoms with E-state index in [1.165, 1.54) is 0 Å². The molecule has 0 aliphatic heterocycles. The Hall–Kier alpha value is -2.29. The van der Waals surface area contributed by atoms with Crippen LogP contribution in [0.5, 0.6) is 0 Å². The zero-order valence-corrected chi connectivity index (χ0v) is 10.6. The third-order valence-electron chi connectivity index (χ3n) is 3.38. The lowest BCUT2D eigenvalue weighted by molar-refractivity contribution is 0.446. The van der Waals surface area contributed by atoms with Gasteiger partial charge in [-0.15, -0.1) is 0 Å². The second-order valence-corrected chi connectivity index (χ2v) is 4.79. The lowest BCUT2D eigenvalue weighted by Crippen LogP contribution is -2.16. The molecule has 0 atom stereocenters. The van der Waals surface area contributed by atoms with Gasteiger partial charge in [-0.1, -0.05) is 30.9 Å². The summed E-state index contributed by atoms with van der Waals surface area (Å²) in [5.74, 6) is -3.78. The number of benzene rings is 2. The minimum atomic E-state index is -1.44. The van der Waals surface area contributed by atoms with Crippen molar-refractivity contribution in [2.45, 2.75) is 6.42 Å². The fraction of sp³-hybridized carbons (Fsp3) is 0.0588. The topological polar surface area (TPSA) is 0 Å². The predicted molar refractivity (Wildman–Crippen MR) is 73.7 cm³/mol. The summed E-state index contributed by atoms with van der Waals surface area (Å²) in [4.78, 5) is 0. The molecule has 3 rings (SSSR count). The smallest absolute Gasteiger partial charge is 0.194 e. The Morgan fingerprint density at radius 3 is 2.35 bits per heavy atom. The van der Waals surface area contributed by atoms with Crippen molar-refractivity contribution >= 4 is 18.2 Å². The van der Waals surface area contributed by atoms with Gasteiger partial charge in [0.1, 0.15) is 0 Å². The minimum Gasteiger partial charge on any atom is -0.204 e. The first-order valence-electron chi connectivity index (χ1n) is 6.19. The highest BCUT2D eigenvalue weighted by Crippen LogP contribution is 2.23. The van der Waals surface area contributed by atoms with Crippen molar-refractivity contribution in [3.8, 4) is 0 Å². The highest BCUT2D eigenvalue weighted by Gasteiger charge is 2.13. The van der Waals surface area contributed by atoms with Crippen molar-refractivity contribution in [2.24, 2.45) is 0 Å². The average Bonchev–Trinajstić information content (AvgIpc) is 2.43. The largest absolute Gasteiger partial charge is 0.204 e. The van der Waals surface area contributed by atoms with Gasteiger partial charge < -0.3 is 0 Å². The molecular weight excluding hydrogens is 261 g/mol. The molecule has 2 aromatic rings. The SMILES string of the molecule is C=c1ccc2c(c1)CC=C(c1cc(F)c(F)c(F)c1)C=2. The van der Waals surface area contributed by atoms with Gasteiger partial charge in [-0.2, -0.15) is 0 Å². The van der Waals surface area contributed by atoms with E-state index in [2.05, 4.69) is 6.58 Å². The zero-order valence-electron chi connectivity index (χ0n) is 10.6. The fourth-order valence-electron chi connectivity index (χ4n) is 2.35. The van der Waals surface area contributed by atoms with E-state index in [-0.39, 0.29) is 0 Å². The summed E-state index contributed by atoms with van der Waals surface area (Å²) in [5, 5.41) is 1.91. The Morgan fingerprint density at radius 2 is 1.65 bits per heavy atom. The molecule has 0 nitrogen and oxygen atoms in total. The van der Waals surface area contributed by atoms with Crippen LogP contribution in [0.15, 0.2) is 36.4 Å². The summed E-state index contributed by atoms with van der Waals surface area (Å²) in [6.07, 6.45) is 4.36. The molecule has 0 saturated heterocycles. The van der Waals surface area contributed by atoms with Crippen LogP contribution in [0.25, 0.3) is 18.2 Å². The van der Waals surface area contributed by atoms with Gasteiger partial charge in [0.25, 0.3) is 0 Å². The van der Waals surface area contributed by atoms with Crippen molar-refractivity contribution < 1.29 is 13.2 Å². The van der Waals surface area contributed by atoms with Crippen LogP contribution in [0.1, 0.15) is 11.1 Å². The van der Waals surface area contributed by atoms with Gasteiger partial charge in [0.15, 0.2) is 17.5 Å². The molecule has 0 fully saturated rings. The van der Waals surface area contributed by atoms with E-state index in [0.717, 1.165) is 28.1 Å². The summed E-state index contributed by atoms with van der Waals surface area (Å²) in [6.45, 7) is 3.86. The molecule has 0 spiro atoms. The standard InChI is InChI=1S/C17H11F3/c1-10-2-3-12-7-13(5-4-11(12)6-10)14-8-15(18)17(20)16(19)9-14/h2-3,5-9H,1,4H2. The lowest BCUT2D eigenvalue weighted by Gasteiger charge is -2.11. The van der Waals surface area contributed by atoms with Crippen molar-refractivity contribution in [1.29, 1.82) is 0 Å². The van der Waals surface area contributed by atoms with E-state index in [0.29, 0.717) is 17.6 Å². The van der Waals surface area contributed by atoms with Crippen LogP contribution in [0.3, 0.4) is 0 Å². The third kappa shape index (κ3) is 2.16. The van der Waals surface area contributed by atoms with Gasteiger partial charge in [0, 0.05) is 0 Å². The van der Waals surface area contributed by atoms with Crippen LogP contribution >= 0.6 is 0 Å². The van der Waals surface area contributed by atoms with E-state index in [1.807, 2.05) is 30.4 Å². The van der Waals surface area contributed by atoms with Gasteiger partial charge in [0.05, 0.1) is 0 Å². The Balaban J connectivity index is 2.12. The molecule has 20 heavy (non-hydrogen) atoms. The molecule has 0 unspecified atom stereocenters. The van der Waals surface area contributed by atoms with Crippen molar-refractivity contribution in [2.75, 3.05) is 0 Å². The van der Waals surface area contributed by atoms with Crippen LogP contribution in [-0.4, -0.2) is 0 Å². The Morgan fingerprint density at radius 1 is 0.950 bits per heavy atom. The van der Waals surface area contributed by atoms with Gasteiger partial charge in [-0.3, -0.25) is 0 Å². The van der Waals surface area contributed by atoms with E-state index >= 15 is 0 Å². The first-order chi connectivity index (χ1) is 9.54. The lowest BCUT2D eigenvalue weighted by atomic mass is 9.94. The summed E-state index contributed by atoms with van der Waals surface area (Å²) >= 11 is 0. The molecule has 0 aromatic heterocycles. The Kier molecular flexibility index (Phi) is 2.97. The molecular formula is C17H11F3. The van der Waals surface area contributed by atoms with Crippen LogP contribution in [0.2, 0.25) is 0 Å². The van der Waals surface area contributed by atoms with E-state index in [4.69, 9.17) is 0 Å². The molecule has 0 radical (unpaired) electrons. The first kappa shape index (κ1) is 12.7. The molecule has 0 N–H and O–H groups in total. The van der Waals surface area contributed by atoms with Gasteiger partial charge in [0.2, 0.25) is 0 Å². The maximum Gasteiger partial charge on any atom is 0.194 e. The van der Waals surface area contributed by atoms with E-state index in [1.54, 1.807) is 0 Å². The zero-order chi connectivity index (χ0) is 14.3. The van der Waals surface area contributed by atoms with E-state index < -0.39 is 17.5 Å². The maximum absolute atomic E-state index is 13.3. The fourth-order valence-corrected chi connectivity index (χ4v) is 2.35. The summed E-state index contributed by atoms with van der Waals surface area (Å²) in [7, 11) is 0. The van der Waals surface area contributed by atoms with Crippen molar-refractivity contribution in [3.05, 3.63) is 75.4 Å². The summed E-state index contributed by atoms with van der Waals surface area (Å²) in [5.41, 5.74) is 2.14. The van der Waals surface area contributed by atoms with Gasteiger partial charge in [-0.25, -0.2) is 13.2 Å². The molecule has 0 amide bonds. The van der Waals surface area contributed by atoms with Crippen LogP contribution in [0, 0.1) is 17.5 Å². The molecule has 2 aromatic carbocycles. The van der Waals surface area contributed by atoms with Crippen LogP contribution in [0.4, 0.5) is 13.2 Å². The molecule has 100 valence electrons. The second kappa shape index (κ2) is 4.67. The maximum atomic E-state index is 13.3. The number of halogens is 3. The van der Waals surface area contributed by atoms with Crippen molar-refractivity contribution in [1.82, 2.24) is 0 Å². The number of allylic oxidation sites excluding steroid dienone is 2. The minimum absolute atomic E-state index is 0.339. The van der Waals surface area contributed by atoms with Crippen LogP contribution in [-0.2, 0) is 6.42 Å². The highest BCUT2D eigenvalue weighted by molar-refractivity contribution is 5.89. The Labute approximate surface area is 114 Å². The third-order valence-corrected chi connectivity index (χ3v) is 3.38. The van der Waals surface area contributed by atoms with Crippen molar-refractivity contribution in [3.63, 3.8) is 0 Å². The quantitative estimate of drug-likeness (QED) is 0.700. The monoisotopic (exact) mass is 272 g/mol. The molecule has 0 bridgehead atoms. The average molecular weight is 272 g/mol. The molecule has 0 saturated carbocycles. The summed E-state index contributed by atoms with van der Waals surface area (Å²) in [6, 6.07) is 7.80. The molecule has 1 aliphatic rings.